The first kappa shape index (κ1) is 15.3. The molecular formula is C12H13ClN4OS. The van der Waals surface area contributed by atoms with E-state index in [0.717, 1.165) is 0 Å². The number of carbonyl (C=O) groups is 1. The van der Waals surface area contributed by atoms with E-state index in [2.05, 4.69) is 10.3 Å². The molecule has 0 fully saturated rings. The number of nitrogens with zero attached hydrogens (tertiary/aromatic N) is 3. The molecule has 1 rings (SSSR count). The Bertz CT molecular complexity index is 551. The average Bonchev–Trinajstić information content (AvgIpc) is 2.38. The van der Waals surface area contributed by atoms with E-state index >= 15 is 0 Å². The average molecular weight is 297 g/mol. The molecule has 1 aromatic carbocycles. The second-order valence-corrected chi connectivity index (χ2v) is 4.95. The predicted octanol–water partition coefficient (Wildman–Crippen LogP) is 2.46. The summed E-state index contributed by atoms with van der Waals surface area (Å²) in [5, 5.41) is 11.9. The Balaban J connectivity index is 3.28. The molecule has 0 spiro atoms. The summed E-state index contributed by atoms with van der Waals surface area (Å²) in [7, 11) is 3.31. The van der Waals surface area contributed by atoms with E-state index in [0.29, 0.717) is 21.4 Å². The zero-order chi connectivity index (χ0) is 14.4. The molecule has 0 heterocycles. The topological polar surface area (TPSA) is 68.5 Å². The summed E-state index contributed by atoms with van der Waals surface area (Å²) >= 11 is 7.19. The fourth-order valence-electron chi connectivity index (χ4n) is 1.30. The standard InChI is InChI=1S/C12H13ClN4OS/c1-17(2)11(18)9-6-8(13)4-5-10(9)16-12(19-3)15-7-14/h4-6H,1-3H3,(H,15,16). The smallest absolute Gasteiger partial charge is 0.255 e. The third-order valence-corrected chi connectivity index (χ3v) is 2.99. The lowest BCUT2D eigenvalue weighted by atomic mass is 10.1. The lowest BCUT2D eigenvalue weighted by Gasteiger charge is -2.12. The second-order valence-electron chi connectivity index (χ2n) is 3.72. The van der Waals surface area contributed by atoms with E-state index in [4.69, 9.17) is 16.9 Å². The normalized spacial score (nSPS) is 10.8. The molecule has 0 unspecified atom stereocenters. The molecule has 1 N–H and O–H groups in total. The van der Waals surface area contributed by atoms with Crippen molar-refractivity contribution in [2.45, 2.75) is 0 Å². The molecule has 0 saturated carbocycles. The van der Waals surface area contributed by atoms with Gasteiger partial charge in [0.15, 0.2) is 11.4 Å². The van der Waals surface area contributed by atoms with Crippen LogP contribution in [0.25, 0.3) is 0 Å². The number of carbonyl (C=O) groups excluding carboxylic acids is 1. The maximum Gasteiger partial charge on any atom is 0.255 e. The van der Waals surface area contributed by atoms with Gasteiger partial charge in [-0.15, -0.1) is 0 Å². The van der Waals surface area contributed by atoms with Crippen molar-refractivity contribution in [2.24, 2.45) is 4.99 Å². The quantitative estimate of drug-likeness (QED) is 0.394. The molecule has 19 heavy (non-hydrogen) atoms. The van der Waals surface area contributed by atoms with E-state index in [1.54, 1.807) is 44.7 Å². The van der Waals surface area contributed by atoms with Crippen LogP contribution in [0.4, 0.5) is 5.69 Å². The lowest BCUT2D eigenvalue weighted by molar-refractivity contribution is 0.0828. The van der Waals surface area contributed by atoms with Crippen LogP contribution in [-0.4, -0.2) is 36.3 Å². The SMILES string of the molecule is CSC(=Nc1ccc(Cl)cc1C(=O)N(C)C)NC#N. The minimum atomic E-state index is -0.196. The number of benzene rings is 1. The van der Waals surface area contributed by atoms with Crippen LogP contribution < -0.4 is 5.32 Å². The molecule has 0 atom stereocenters. The third kappa shape index (κ3) is 4.16. The molecule has 7 heteroatoms. The fraction of sp³-hybridized carbons (Fsp3) is 0.250. The van der Waals surface area contributed by atoms with Crippen LogP contribution >= 0.6 is 23.4 Å². The van der Waals surface area contributed by atoms with Crippen LogP contribution in [0.15, 0.2) is 23.2 Å². The number of nitriles is 1. The summed E-state index contributed by atoms with van der Waals surface area (Å²) in [6.45, 7) is 0. The molecule has 5 nitrogen and oxygen atoms in total. The molecule has 0 saturated heterocycles. The van der Waals surface area contributed by atoms with Gasteiger partial charge in [0.25, 0.3) is 5.91 Å². The van der Waals surface area contributed by atoms with Crippen LogP contribution in [-0.2, 0) is 0 Å². The van der Waals surface area contributed by atoms with Gasteiger partial charge in [-0.05, 0) is 24.5 Å². The van der Waals surface area contributed by atoms with Crippen LogP contribution in [0.5, 0.6) is 0 Å². The first-order valence-corrected chi connectivity index (χ1v) is 6.89. The van der Waals surface area contributed by atoms with Gasteiger partial charge in [0.05, 0.1) is 11.3 Å². The highest BCUT2D eigenvalue weighted by Crippen LogP contribution is 2.25. The van der Waals surface area contributed by atoms with Gasteiger partial charge in [0.2, 0.25) is 0 Å². The lowest BCUT2D eigenvalue weighted by Crippen LogP contribution is -2.22. The van der Waals surface area contributed by atoms with Gasteiger partial charge >= 0.3 is 0 Å². The van der Waals surface area contributed by atoms with Gasteiger partial charge in [-0.1, -0.05) is 23.4 Å². The number of hydrogen-bond donors (Lipinski definition) is 1. The van der Waals surface area contributed by atoms with Gasteiger partial charge in [-0.2, -0.15) is 5.26 Å². The zero-order valence-electron chi connectivity index (χ0n) is 10.8. The Kier molecular flexibility index (Phi) is 5.67. The minimum Gasteiger partial charge on any atom is -0.345 e. The van der Waals surface area contributed by atoms with Gasteiger partial charge in [0, 0.05) is 19.1 Å². The zero-order valence-corrected chi connectivity index (χ0v) is 12.3. The number of nitrogens with one attached hydrogen (secondary N) is 1. The maximum atomic E-state index is 12.1. The van der Waals surface area contributed by atoms with Crippen molar-refractivity contribution in [3.63, 3.8) is 0 Å². The summed E-state index contributed by atoms with van der Waals surface area (Å²) in [5.41, 5.74) is 0.860. The van der Waals surface area contributed by atoms with E-state index in [-0.39, 0.29) is 5.91 Å². The van der Waals surface area contributed by atoms with E-state index < -0.39 is 0 Å². The van der Waals surface area contributed by atoms with Crippen LogP contribution in [0, 0.1) is 11.5 Å². The maximum absolute atomic E-state index is 12.1. The number of thioether (sulfide) groups is 1. The Morgan fingerprint density at radius 3 is 2.74 bits per heavy atom. The molecule has 0 bridgehead atoms. The number of amides is 1. The van der Waals surface area contributed by atoms with Crippen molar-refractivity contribution in [2.75, 3.05) is 20.4 Å². The number of amidine groups is 1. The predicted molar refractivity (Wildman–Crippen MR) is 78.8 cm³/mol. The van der Waals surface area contributed by atoms with Crippen molar-refractivity contribution in [1.82, 2.24) is 10.2 Å². The number of halogens is 1. The van der Waals surface area contributed by atoms with Crippen molar-refractivity contribution < 1.29 is 4.79 Å². The van der Waals surface area contributed by atoms with Gasteiger partial charge in [-0.3, -0.25) is 10.1 Å². The van der Waals surface area contributed by atoms with Gasteiger partial charge in [0.1, 0.15) is 0 Å². The van der Waals surface area contributed by atoms with Crippen molar-refractivity contribution in [3.8, 4) is 6.19 Å². The molecule has 1 amide bonds. The minimum absolute atomic E-state index is 0.196. The molecule has 1 aromatic rings. The van der Waals surface area contributed by atoms with Gasteiger partial charge in [-0.25, -0.2) is 4.99 Å². The van der Waals surface area contributed by atoms with Crippen LogP contribution in [0.2, 0.25) is 5.02 Å². The van der Waals surface area contributed by atoms with E-state index in [1.807, 2.05) is 0 Å². The Labute approximate surface area is 121 Å². The van der Waals surface area contributed by atoms with Crippen LogP contribution in [0.3, 0.4) is 0 Å². The molecule has 0 radical (unpaired) electrons. The highest BCUT2D eigenvalue weighted by atomic mass is 35.5. The van der Waals surface area contributed by atoms with Gasteiger partial charge < -0.3 is 4.90 Å². The number of rotatable bonds is 2. The number of aliphatic imine (C=N–C) groups is 1. The first-order chi connectivity index (χ1) is 8.99. The first-order valence-electron chi connectivity index (χ1n) is 5.28. The highest BCUT2D eigenvalue weighted by Gasteiger charge is 2.14. The Morgan fingerprint density at radius 2 is 2.21 bits per heavy atom. The second kappa shape index (κ2) is 7.02. The van der Waals surface area contributed by atoms with Crippen molar-refractivity contribution in [1.29, 1.82) is 5.26 Å². The third-order valence-electron chi connectivity index (χ3n) is 2.17. The molecule has 0 aliphatic heterocycles. The Morgan fingerprint density at radius 1 is 1.53 bits per heavy atom. The fourth-order valence-corrected chi connectivity index (χ4v) is 1.81. The summed E-state index contributed by atoms with van der Waals surface area (Å²) in [6, 6.07) is 4.86. The molecule has 0 aliphatic rings. The van der Waals surface area contributed by atoms with E-state index in [9.17, 15) is 4.79 Å². The number of hydrogen-bond acceptors (Lipinski definition) is 4. The molecule has 100 valence electrons. The highest BCUT2D eigenvalue weighted by molar-refractivity contribution is 8.13. The summed E-state index contributed by atoms with van der Waals surface area (Å²) in [6.07, 6.45) is 3.58. The Hall–Kier alpha value is -1.71. The monoisotopic (exact) mass is 296 g/mol. The van der Waals surface area contributed by atoms with Crippen molar-refractivity contribution >= 4 is 40.1 Å². The summed E-state index contributed by atoms with van der Waals surface area (Å²) in [5.74, 6) is -0.196. The molecule has 0 aliphatic carbocycles. The van der Waals surface area contributed by atoms with Crippen LogP contribution in [0.1, 0.15) is 10.4 Å². The van der Waals surface area contributed by atoms with Crippen molar-refractivity contribution in [3.05, 3.63) is 28.8 Å². The van der Waals surface area contributed by atoms with E-state index in [1.165, 1.54) is 16.7 Å². The summed E-state index contributed by atoms with van der Waals surface area (Å²) in [4.78, 5) is 17.7. The summed E-state index contributed by atoms with van der Waals surface area (Å²) < 4.78 is 0. The molecule has 0 aromatic heterocycles. The largest absolute Gasteiger partial charge is 0.345 e. The molecular weight excluding hydrogens is 284 g/mol.